The van der Waals surface area contributed by atoms with Gasteiger partial charge in [0.15, 0.2) is 11.5 Å². The number of nitrogens with one attached hydrogen (secondary N) is 1. The zero-order chi connectivity index (χ0) is 21.5. The molecule has 1 N–H and O–H groups in total. The molecule has 1 aliphatic heterocycles. The van der Waals surface area contributed by atoms with E-state index < -0.39 is 12.5 Å². The number of morpholine rings is 1. The predicted molar refractivity (Wildman–Crippen MR) is 103 cm³/mol. The number of benzene rings is 2. The van der Waals surface area contributed by atoms with Crippen molar-refractivity contribution in [3.05, 3.63) is 59.4 Å². The lowest BCUT2D eigenvalue weighted by Gasteiger charge is -2.35. The fourth-order valence-corrected chi connectivity index (χ4v) is 3.38. The Morgan fingerprint density at radius 1 is 1.17 bits per heavy atom. The summed E-state index contributed by atoms with van der Waals surface area (Å²) in [5.74, 6) is -1.22. The van der Waals surface area contributed by atoms with Gasteiger partial charge >= 0.3 is 6.61 Å². The van der Waals surface area contributed by atoms with Gasteiger partial charge in [0.1, 0.15) is 5.82 Å². The van der Waals surface area contributed by atoms with Gasteiger partial charge in [0.05, 0.1) is 31.9 Å². The van der Waals surface area contributed by atoms with Gasteiger partial charge in [0.2, 0.25) is 0 Å². The molecule has 6 nitrogen and oxygen atoms in total. The molecule has 1 amide bonds. The van der Waals surface area contributed by atoms with Crippen molar-refractivity contribution in [2.24, 2.45) is 0 Å². The highest BCUT2D eigenvalue weighted by atomic mass is 19.3. The normalized spacial score (nSPS) is 15.6. The number of hydrogen-bond acceptors (Lipinski definition) is 5. The highest BCUT2D eigenvalue weighted by Crippen LogP contribution is 2.32. The minimum absolute atomic E-state index is 0.0335. The average molecular weight is 424 g/mol. The van der Waals surface area contributed by atoms with E-state index in [4.69, 9.17) is 9.47 Å². The highest BCUT2D eigenvalue weighted by Gasteiger charge is 2.25. The number of carbonyl (C=O) groups is 1. The third kappa shape index (κ3) is 5.43. The van der Waals surface area contributed by atoms with Gasteiger partial charge in [-0.05, 0) is 29.8 Å². The van der Waals surface area contributed by atoms with E-state index in [0.29, 0.717) is 26.3 Å². The average Bonchev–Trinajstić information content (AvgIpc) is 2.75. The minimum Gasteiger partial charge on any atom is -0.493 e. The van der Waals surface area contributed by atoms with E-state index in [9.17, 15) is 18.0 Å². The largest absolute Gasteiger partial charge is 0.493 e. The van der Waals surface area contributed by atoms with Gasteiger partial charge in [-0.15, -0.1) is 0 Å². The molecule has 0 radical (unpaired) electrons. The number of rotatable bonds is 8. The van der Waals surface area contributed by atoms with Crippen LogP contribution in [-0.2, 0) is 4.74 Å². The summed E-state index contributed by atoms with van der Waals surface area (Å²) < 4.78 is 54.0. The highest BCUT2D eigenvalue weighted by molar-refractivity contribution is 5.97. The van der Waals surface area contributed by atoms with Crippen LogP contribution in [0.25, 0.3) is 0 Å². The van der Waals surface area contributed by atoms with Gasteiger partial charge in [0, 0.05) is 19.6 Å². The van der Waals surface area contributed by atoms with Gasteiger partial charge in [-0.1, -0.05) is 18.2 Å². The van der Waals surface area contributed by atoms with Crippen LogP contribution in [0.2, 0.25) is 0 Å². The first kappa shape index (κ1) is 21.9. The summed E-state index contributed by atoms with van der Waals surface area (Å²) in [6.45, 7) is -0.515. The van der Waals surface area contributed by atoms with Crippen molar-refractivity contribution in [3.63, 3.8) is 0 Å². The minimum atomic E-state index is -3.10. The maximum Gasteiger partial charge on any atom is 0.387 e. The smallest absolute Gasteiger partial charge is 0.387 e. The maximum absolute atomic E-state index is 13.4. The Labute approximate surface area is 172 Å². The molecule has 1 atom stereocenters. The number of hydrogen-bond donors (Lipinski definition) is 1. The van der Waals surface area contributed by atoms with E-state index >= 15 is 0 Å². The summed E-state index contributed by atoms with van der Waals surface area (Å²) in [7, 11) is 1.30. The summed E-state index contributed by atoms with van der Waals surface area (Å²) in [5.41, 5.74) is 0.766. The summed E-state index contributed by atoms with van der Waals surface area (Å²) in [4.78, 5) is 14.9. The molecule has 0 saturated carbocycles. The van der Waals surface area contributed by atoms with Gasteiger partial charge in [-0.25, -0.2) is 4.39 Å². The van der Waals surface area contributed by atoms with E-state index in [0.717, 1.165) is 5.56 Å². The lowest BCUT2D eigenvalue weighted by atomic mass is 10.0. The molecule has 1 fully saturated rings. The number of ether oxygens (including phenoxy) is 3. The first-order valence-electron chi connectivity index (χ1n) is 9.47. The van der Waals surface area contributed by atoms with Crippen LogP contribution in [0.3, 0.4) is 0 Å². The Hall–Kier alpha value is -2.78. The van der Waals surface area contributed by atoms with E-state index in [-0.39, 0.29) is 35.5 Å². The second kappa shape index (κ2) is 10.3. The lowest BCUT2D eigenvalue weighted by Crippen LogP contribution is -2.43. The fourth-order valence-electron chi connectivity index (χ4n) is 3.38. The van der Waals surface area contributed by atoms with Crippen molar-refractivity contribution in [1.29, 1.82) is 0 Å². The molecule has 162 valence electrons. The molecule has 2 aromatic carbocycles. The maximum atomic E-state index is 13.4. The molecule has 1 heterocycles. The van der Waals surface area contributed by atoms with E-state index in [1.807, 2.05) is 0 Å². The Morgan fingerprint density at radius 3 is 2.50 bits per heavy atom. The van der Waals surface area contributed by atoms with Crippen molar-refractivity contribution in [2.75, 3.05) is 40.0 Å². The van der Waals surface area contributed by atoms with Gasteiger partial charge in [0.25, 0.3) is 5.91 Å². The summed E-state index contributed by atoms with van der Waals surface area (Å²) in [6, 6.07) is 10.2. The molecular formula is C21H23F3N2O4. The second-order valence-electron chi connectivity index (χ2n) is 6.64. The van der Waals surface area contributed by atoms with Crippen LogP contribution in [0, 0.1) is 5.82 Å². The lowest BCUT2D eigenvalue weighted by molar-refractivity contribution is -0.0515. The van der Waals surface area contributed by atoms with Crippen LogP contribution in [0.5, 0.6) is 11.5 Å². The van der Waals surface area contributed by atoms with Crippen molar-refractivity contribution in [2.45, 2.75) is 12.7 Å². The van der Waals surface area contributed by atoms with E-state index in [1.165, 1.54) is 37.4 Å². The van der Waals surface area contributed by atoms with E-state index in [1.54, 1.807) is 12.1 Å². The van der Waals surface area contributed by atoms with Crippen molar-refractivity contribution in [1.82, 2.24) is 10.2 Å². The van der Waals surface area contributed by atoms with Crippen molar-refractivity contribution in [3.8, 4) is 11.5 Å². The molecule has 0 bridgehead atoms. The Bertz CT molecular complexity index is 843. The van der Waals surface area contributed by atoms with Gasteiger partial charge in [-0.3, -0.25) is 9.69 Å². The SMILES string of the molecule is COc1cccc(C(=O)NCC(c2ccc(F)cc2)N2CCOCC2)c1OC(F)F. The Morgan fingerprint density at radius 2 is 1.87 bits per heavy atom. The second-order valence-corrected chi connectivity index (χ2v) is 6.64. The van der Waals surface area contributed by atoms with Gasteiger partial charge < -0.3 is 19.5 Å². The number of halogens is 3. The zero-order valence-electron chi connectivity index (χ0n) is 16.4. The predicted octanol–water partition coefficient (Wildman–Crippen LogP) is 3.24. The molecule has 30 heavy (non-hydrogen) atoms. The van der Waals surface area contributed by atoms with Crippen LogP contribution in [0.1, 0.15) is 22.0 Å². The number of para-hydroxylation sites is 1. The molecule has 1 unspecified atom stereocenters. The molecule has 1 aliphatic rings. The molecule has 0 aromatic heterocycles. The summed E-state index contributed by atoms with van der Waals surface area (Å²) in [6.07, 6.45) is 0. The molecule has 1 saturated heterocycles. The molecule has 0 spiro atoms. The van der Waals surface area contributed by atoms with Crippen LogP contribution in [0.15, 0.2) is 42.5 Å². The zero-order valence-corrected chi connectivity index (χ0v) is 16.4. The topological polar surface area (TPSA) is 60.0 Å². The van der Waals surface area contributed by atoms with Gasteiger partial charge in [-0.2, -0.15) is 8.78 Å². The number of carbonyl (C=O) groups excluding carboxylic acids is 1. The number of nitrogens with zero attached hydrogens (tertiary/aromatic N) is 1. The fraction of sp³-hybridized carbons (Fsp3) is 0.381. The first-order chi connectivity index (χ1) is 14.5. The number of methoxy groups -OCH3 is 1. The standard InChI is InChI=1S/C21H23F3N2O4/c1-28-18-4-2-3-16(19(18)30-21(23)24)20(27)25-13-17(26-9-11-29-12-10-26)14-5-7-15(22)8-6-14/h2-8,17,21H,9-13H2,1H3,(H,25,27). The number of alkyl halides is 2. The van der Waals surface area contributed by atoms with Crippen molar-refractivity contribution < 1.29 is 32.2 Å². The Balaban J connectivity index is 1.80. The third-order valence-corrected chi connectivity index (χ3v) is 4.85. The summed E-state index contributed by atoms with van der Waals surface area (Å²) >= 11 is 0. The summed E-state index contributed by atoms with van der Waals surface area (Å²) in [5, 5.41) is 2.78. The molecule has 9 heteroatoms. The molecule has 0 aliphatic carbocycles. The molecular weight excluding hydrogens is 401 g/mol. The Kier molecular flexibility index (Phi) is 7.53. The van der Waals surface area contributed by atoms with E-state index in [2.05, 4.69) is 15.0 Å². The van der Waals surface area contributed by atoms with Crippen LogP contribution >= 0.6 is 0 Å². The van der Waals surface area contributed by atoms with Crippen LogP contribution in [-0.4, -0.2) is 57.4 Å². The first-order valence-corrected chi connectivity index (χ1v) is 9.47. The quantitative estimate of drug-likeness (QED) is 0.705. The van der Waals surface area contributed by atoms with Crippen LogP contribution in [0.4, 0.5) is 13.2 Å². The number of amides is 1. The van der Waals surface area contributed by atoms with Crippen LogP contribution < -0.4 is 14.8 Å². The third-order valence-electron chi connectivity index (χ3n) is 4.85. The van der Waals surface area contributed by atoms with Crippen molar-refractivity contribution >= 4 is 5.91 Å². The molecule has 3 rings (SSSR count). The molecule has 2 aromatic rings. The monoisotopic (exact) mass is 424 g/mol.